The number of nitro groups is 1. The Kier molecular flexibility index (Phi) is 6.55. The van der Waals surface area contributed by atoms with E-state index in [0.717, 1.165) is 18.9 Å². The predicted molar refractivity (Wildman–Crippen MR) is 100 cm³/mol. The quantitative estimate of drug-likeness (QED) is 0.420. The van der Waals surface area contributed by atoms with Gasteiger partial charge in [-0.15, -0.1) is 0 Å². The predicted octanol–water partition coefficient (Wildman–Crippen LogP) is 3.18. The van der Waals surface area contributed by atoms with E-state index in [0.29, 0.717) is 16.9 Å². The highest BCUT2D eigenvalue weighted by atomic mass is 35.5. The molecule has 0 saturated heterocycles. The van der Waals surface area contributed by atoms with Crippen LogP contribution in [0.25, 0.3) is 0 Å². The second-order valence-corrected chi connectivity index (χ2v) is 7.16. The highest BCUT2D eigenvalue weighted by Gasteiger charge is 2.27. The fourth-order valence-corrected chi connectivity index (χ4v) is 3.38. The number of carbonyl (C=O) groups is 1. The number of hydrogen-bond acceptors (Lipinski definition) is 4. The van der Waals surface area contributed by atoms with Crippen LogP contribution in [0.4, 0.5) is 5.69 Å². The number of non-ortho nitro benzene ring substituents is 1. The lowest BCUT2D eigenvalue weighted by Gasteiger charge is -2.35. The van der Waals surface area contributed by atoms with Crippen LogP contribution in [-0.2, 0) is 0 Å². The number of halogens is 1. The monoisotopic (exact) mass is 384 g/mol. The number of carbonyl (C=O) groups excluding carboxylic acids is 1. The van der Waals surface area contributed by atoms with Gasteiger partial charge in [-0.3, -0.25) is 25.8 Å². The smallest absolute Gasteiger partial charge is 0.271 e. The molecular formula is C16H21ClN4O3S. The largest absolute Gasteiger partial charge is 0.358 e. The molecule has 3 N–H and O–H groups in total. The van der Waals surface area contributed by atoms with Crippen LogP contribution in [0.15, 0.2) is 18.2 Å². The summed E-state index contributed by atoms with van der Waals surface area (Å²) in [5, 5.41) is 14.5. The molecule has 3 atom stereocenters. The van der Waals surface area contributed by atoms with Crippen molar-refractivity contribution in [3.63, 3.8) is 0 Å². The molecule has 0 unspecified atom stereocenters. The number of thiocarbonyl (C=S) groups is 1. The van der Waals surface area contributed by atoms with Gasteiger partial charge in [0, 0.05) is 18.2 Å². The Labute approximate surface area is 156 Å². The standard InChI is InChI=1S/C16H21ClN4O3S/c1-9-4-3-5-14(10(9)2)18-16(25)20-19-15(22)12-8-11(21(23)24)6-7-13(12)17/h6-10,14H,3-5H2,1-2H3,(H,19,22)(H2,18,20,25)/t9-,10+,14-/m0/s1. The number of nitrogens with zero attached hydrogens (tertiary/aromatic N) is 1. The van der Waals surface area contributed by atoms with Gasteiger partial charge < -0.3 is 5.32 Å². The zero-order valence-electron chi connectivity index (χ0n) is 14.0. The molecule has 1 fully saturated rings. The maximum absolute atomic E-state index is 12.2. The molecule has 9 heteroatoms. The highest BCUT2D eigenvalue weighted by Crippen LogP contribution is 2.29. The van der Waals surface area contributed by atoms with E-state index in [-0.39, 0.29) is 22.3 Å². The van der Waals surface area contributed by atoms with Crippen LogP contribution in [-0.4, -0.2) is 22.0 Å². The Balaban J connectivity index is 1.92. The fourth-order valence-electron chi connectivity index (χ4n) is 2.97. The normalized spacial score (nSPS) is 22.8. The molecule has 0 spiro atoms. The lowest BCUT2D eigenvalue weighted by molar-refractivity contribution is -0.384. The molecule has 1 aromatic carbocycles. The van der Waals surface area contributed by atoms with Crippen LogP contribution in [0.5, 0.6) is 0 Å². The lowest BCUT2D eigenvalue weighted by atomic mass is 9.78. The van der Waals surface area contributed by atoms with Crippen molar-refractivity contribution in [1.82, 2.24) is 16.2 Å². The second kappa shape index (κ2) is 8.44. The molecule has 1 aliphatic carbocycles. The van der Waals surface area contributed by atoms with Crippen molar-refractivity contribution in [2.24, 2.45) is 11.8 Å². The zero-order valence-corrected chi connectivity index (χ0v) is 15.6. The third-order valence-electron chi connectivity index (χ3n) is 4.72. The molecule has 0 aromatic heterocycles. The number of amides is 1. The number of hydrazine groups is 1. The first-order valence-electron chi connectivity index (χ1n) is 8.10. The number of rotatable bonds is 3. The van der Waals surface area contributed by atoms with Crippen LogP contribution in [0.3, 0.4) is 0 Å². The van der Waals surface area contributed by atoms with Gasteiger partial charge in [-0.25, -0.2) is 0 Å². The van der Waals surface area contributed by atoms with Gasteiger partial charge in [0.2, 0.25) is 0 Å². The molecule has 7 nitrogen and oxygen atoms in total. The maximum atomic E-state index is 12.2. The Morgan fingerprint density at radius 2 is 2.04 bits per heavy atom. The van der Waals surface area contributed by atoms with Crippen LogP contribution in [0.1, 0.15) is 43.5 Å². The van der Waals surface area contributed by atoms with Crippen molar-refractivity contribution in [1.29, 1.82) is 0 Å². The molecule has 25 heavy (non-hydrogen) atoms. The van der Waals surface area contributed by atoms with Crippen molar-refractivity contribution in [2.45, 2.75) is 39.2 Å². The van der Waals surface area contributed by atoms with E-state index < -0.39 is 10.8 Å². The van der Waals surface area contributed by atoms with Crippen molar-refractivity contribution >= 4 is 40.5 Å². The van der Waals surface area contributed by atoms with E-state index in [1.807, 2.05) is 0 Å². The second-order valence-electron chi connectivity index (χ2n) is 6.35. The summed E-state index contributed by atoms with van der Waals surface area (Å²) in [5.41, 5.74) is 4.85. The summed E-state index contributed by atoms with van der Waals surface area (Å²) in [7, 11) is 0. The topological polar surface area (TPSA) is 96.3 Å². The Bertz CT molecular complexity index is 685. The van der Waals surface area contributed by atoms with Crippen LogP contribution in [0, 0.1) is 22.0 Å². The van der Waals surface area contributed by atoms with Crippen molar-refractivity contribution in [3.8, 4) is 0 Å². The van der Waals surface area contributed by atoms with Crippen molar-refractivity contribution in [3.05, 3.63) is 38.9 Å². The van der Waals surface area contributed by atoms with Crippen LogP contribution in [0.2, 0.25) is 5.02 Å². The summed E-state index contributed by atoms with van der Waals surface area (Å²) in [6, 6.07) is 3.93. The molecular weight excluding hydrogens is 364 g/mol. The van der Waals surface area contributed by atoms with Crippen LogP contribution >= 0.6 is 23.8 Å². The first kappa shape index (κ1) is 19.4. The lowest BCUT2D eigenvalue weighted by Crippen LogP contribution is -2.52. The summed E-state index contributed by atoms with van der Waals surface area (Å²) in [4.78, 5) is 22.4. The maximum Gasteiger partial charge on any atom is 0.271 e. The van der Waals surface area contributed by atoms with E-state index in [9.17, 15) is 14.9 Å². The minimum absolute atomic E-state index is 0.00539. The van der Waals surface area contributed by atoms with Gasteiger partial charge in [-0.1, -0.05) is 38.3 Å². The van der Waals surface area contributed by atoms with Gasteiger partial charge >= 0.3 is 0 Å². The van der Waals surface area contributed by atoms with Crippen LogP contribution < -0.4 is 16.2 Å². The Morgan fingerprint density at radius 3 is 2.72 bits per heavy atom. The molecule has 1 aliphatic rings. The SMILES string of the molecule is C[C@H]1[C@@H](NC(=S)NNC(=O)c2cc([N+](=O)[O-])ccc2Cl)CCC[C@@H]1C. The van der Waals surface area contributed by atoms with E-state index in [4.69, 9.17) is 23.8 Å². The first-order chi connectivity index (χ1) is 11.8. The highest BCUT2D eigenvalue weighted by molar-refractivity contribution is 7.80. The van der Waals surface area contributed by atoms with E-state index in [1.54, 1.807) is 0 Å². The molecule has 1 saturated carbocycles. The third kappa shape index (κ3) is 5.02. The Morgan fingerprint density at radius 1 is 1.32 bits per heavy atom. The van der Waals surface area contributed by atoms with Crippen molar-refractivity contribution in [2.75, 3.05) is 0 Å². The van der Waals surface area contributed by atoms with E-state index >= 15 is 0 Å². The van der Waals surface area contributed by atoms with E-state index in [1.165, 1.54) is 18.6 Å². The van der Waals surface area contributed by atoms with Gasteiger partial charge in [0.15, 0.2) is 5.11 Å². The number of nitro benzene ring substituents is 1. The summed E-state index contributed by atoms with van der Waals surface area (Å²) in [6.45, 7) is 4.41. The minimum atomic E-state index is -0.595. The molecule has 136 valence electrons. The summed E-state index contributed by atoms with van der Waals surface area (Å²) in [5.74, 6) is 0.505. The average Bonchev–Trinajstić information content (AvgIpc) is 2.57. The molecule has 1 aromatic rings. The molecule has 0 aliphatic heterocycles. The fraction of sp³-hybridized carbons (Fsp3) is 0.500. The Hall–Kier alpha value is -1.93. The van der Waals surface area contributed by atoms with E-state index in [2.05, 4.69) is 30.0 Å². The molecule has 0 heterocycles. The van der Waals surface area contributed by atoms with Gasteiger partial charge in [-0.05, 0) is 36.5 Å². The number of benzene rings is 1. The molecule has 1 amide bonds. The zero-order chi connectivity index (χ0) is 18.6. The van der Waals surface area contributed by atoms with Gasteiger partial charge in [-0.2, -0.15) is 0 Å². The first-order valence-corrected chi connectivity index (χ1v) is 8.89. The van der Waals surface area contributed by atoms with Crippen molar-refractivity contribution < 1.29 is 9.72 Å². The summed E-state index contributed by atoms with van der Waals surface area (Å²) in [6.07, 6.45) is 3.38. The molecule has 0 radical (unpaired) electrons. The summed E-state index contributed by atoms with van der Waals surface area (Å²) >= 11 is 11.2. The number of hydrogen-bond donors (Lipinski definition) is 3. The number of nitrogens with one attached hydrogen (secondary N) is 3. The van der Waals surface area contributed by atoms with Gasteiger partial charge in [0.05, 0.1) is 15.5 Å². The summed E-state index contributed by atoms with van der Waals surface area (Å²) < 4.78 is 0. The third-order valence-corrected chi connectivity index (χ3v) is 5.27. The minimum Gasteiger partial charge on any atom is -0.358 e. The van der Waals surface area contributed by atoms with Gasteiger partial charge in [0.25, 0.3) is 11.6 Å². The van der Waals surface area contributed by atoms with Gasteiger partial charge in [0.1, 0.15) is 0 Å². The molecule has 0 bridgehead atoms. The average molecular weight is 385 g/mol. The molecule has 2 rings (SSSR count).